The van der Waals surface area contributed by atoms with E-state index in [1.54, 1.807) is 0 Å². The second-order valence-electron chi connectivity index (χ2n) is 0.677. The van der Waals surface area contributed by atoms with Crippen LogP contribution in [0.4, 0.5) is 4.79 Å². The van der Waals surface area contributed by atoms with Crippen LogP contribution in [0.5, 0.6) is 0 Å². The molecule has 0 radical (unpaired) electrons. The third-order valence-electron chi connectivity index (χ3n) is 0.175. The largest absolute Gasteiger partial charge is 0.538 e. The van der Waals surface area contributed by atoms with Gasteiger partial charge in [0.05, 0.1) is 0 Å². The highest BCUT2D eigenvalue weighted by Gasteiger charge is 2.03. The van der Waals surface area contributed by atoms with Gasteiger partial charge in [-0.2, -0.15) is 0 Å². The number of carbonyl (C=O) groups is 1. The average molecular weight is 142 g/mol. The molecule has 0 aromatic heterocycles. The summed E-state index contributed by atoms with van der Waals surface area (Å²) in [4.78, 5) is 28.2. The SMILES string of the molecule is O=C(O)OOP(O)O. The van der Waals surface area contributed by atoms with Crippen molar-refractivity contribution in [3.05, 3.63) is 0 Å². The second kappa shape index (κ2) is 3.57. The van der Waals surface area contributed by atoms with Crippen LogP contribution in [0, 0.1) is 0 Å². The Morgan fingerprint density at radius 3 is 2.12 bits per heavy atom. The van der Waals surface area contributed by atoms with Crippen LogP contribution in [-0.2, 0) is 9.56 Å². The highest BCUT2D eigenvalue weighted by Crippen LogP contribution is 2.23. The van der Waals surface area contributed by atoms with Crippen molar-refractivity contribution in [1.29, 1.82) is 0 Å². The molecule has 0 rings (SSSR count). The van der Waals surface area contributed by atoms with Gasteiger partial charge in [-0.1, -0.05) is 4.67 Å². The summed E-state index contributed by atoms with van der Waals surface area (Å²) in [5.41, 5.74) is 0. The summed E-state index contributed by atoms with van der Waals surface area (Å²) < 4.78 is 3.38. The smallest absolute Gasteiger partial charge is 0.448 e. The van der Waals surface area contributed by atoms with E-state index in [1.165, 1.54) is 0 Å². The van der Waals surface area contributed by atoms with E-state index in [0.717, 1.165) is 0 Å². The summed E-state index contributed by atoms with van der Waals surface area (Å²) >= 11 is 0. The van der Waals surface area contributed by atoms with E-state index in [2.05, 4.69) is 9.56 Å². The monoisotopic (exact) mass is 142 g/mol. The number of carboxylic acid groups (broad SMARTS) is 1. The predicted molar refractivity (Wildman–Crippen MR) is 21.6 cm³/mol. The first-order valence-corrected chi connectivity index (χ1v) is 2.55. The van der Waals surface area contributed by atoms with E-state index in [1.807, 2.05) is 0 Å². The van der Waals surface area contributed by atoms with Gasteiger partial charge in [0.25, 0.3) is 0 Å². The zero-order chi connectivity index (χ0) is 6.57. The lowest BCUT2D eigenvalue weighted by Gasteiger charge is -1.95. The van der Waals surface area contributed by atoms with Gasteiger partial charge in [-0.05, 0) is 0 Å². The lowest BCUT2D eigenvalue weighted by atomic mass is 11.5. The van der Waals surface area contributed by atoms with Crippen LogP contribution in [-0.4, -0.2) is 21.0 Å². The molecule has 0 aliphatic rings. The normalized spacial score (nSPS) is 9.38. The van der Waals surface area contributed by atoms with Crippen molar-refractivity contribution in [3.8, 4) is 0 Å². The van der Waals surface area contributed by atoms with Crippen LogP contribution < -0.4 is 0 Å². The van der Waals surface area contributed by atoms with Gasteiger partial charge in [-0.15, -0.1) is 0 Å². The van der Waals surface area contributed by atoms with Gasteiger partial charge in [0.2, 0.25) is 0 Å². The molecule has 0 bridgehead atoms. The van der Waals surface area contributed by atoms with Crippen molar-refractivity contribution in [1.82, 2.24) is 0 Å². The zero-order valence-corrected chi connectivity index (χ0v) is 4.41. The van der Waals surface area contributed by atoms with E-state index >= 15 is 0 Å². The van der Waals surface area contributed by atoms with Crippen molar-refractivity contribution >= 4 is 14.8 Å². The summed E-state index contributed by atoms with van der Waals surface area (Å²) in [5.74, 6) is 0. The molecule has 0 atom stereocenters. The topological polar surface area (TPSA) is 96.2 Å². The molecule has 8 heavy (non-hydrogen) atoms. The van der Waals surface area contributed by atoms with Gasteiger partial charge in [0, 0.05) is 0 Å². The maximum Gasteiger partial charge on any atom is 0.538 e. The molecule has 0 spiro atoms. The number of hydrogen-bond acceptors (Lipinski definition) is 5. The molecule has 0 aromatic carbocycles. The van der Waals surface area contributed by atoms with Crippen LogP contribution in [0.15, 0.2) is 0 Å². The predicted octanol–water partition coefficient (Wildman–Crippen LogP) is -0.176. The molecule has 0 aliphatic heterocycles. The lowest BCUT2D eigenvalue weighted by Crippen LogP contribution is -1.97. The minimum Gasteiger partial charge on any atom is -0.448 e. The molecule has 0 aliphatic carbocycles. The second-order valence-corrected chi connectivity index (χ2v) is 1.33. The molecule has 0 unspecified atom stereocenters. The Labute approximate surface area is 45.2 Å². The summed E-state index contributed by atoms with van der Waals surface area (Å²) in [5, 5.41) is 7.60. The molecule has 0 fully saturated rings. The zero-order valence-electron chi connectivity index (χ0n) is 3.51. The first-order valence-electron chi connectivity index (χ1n) is 1.38. The van der Waals surface area contributed by atoms with Gasteiger partial charge in [0.1, 0.15) is 0 Å². The van der Waals surface area contributed by atoms with Crippen LogP contribution in [0.25, 0.3) is 0 Å². The Hall–Kier alpha value is -0.420. The van der Waals surface area contributed by atoms with E-state index in [9.17, 15) is 4.79 Å². The molecule has 0 saturated carbocycles. The van der Waals surface area contributed by atoms with Gasteiger partial charge in [0.15, 0.2) is 0 Å². The van der Waals surface area contributed by atoms with Gasteiger partial charge in [-0.25, -0.2) is 4.79 Å². The van der Waals surface area contributed by atoms with Gasteiger partial charge < -0.3 is 14.9 Å². The Bertz CT molecular complexity index is 78.6. The lowest BCUT2D eigenvalue weighted by molar-refractivity contribution is -0.168. The van der Waals surface area contributed by atoms with Crippen LogP contribution >= 0.6 is 8.60 Å². The van der Waals surface area contributed by atoms with Crippen molar-refractivity contribution < 1.29 is 29.2 Å². The van der Waals surface area contributed by atoms with Gasteiger partial charge in [-0.3, -0.25) is 4.89 Å². The average Bonchev–Trinajstić information content (AvgIpc) is 1.61. The maximum absolute atomic E-state index is 9.34. The van der Waals surface area contributed by atoms with Crippen LogP contribution in [0.2, 0.25) is 0 Å². The first kappa shape index (κ1) is 7.58. The number of hydrogen-bond donors (Lipinski definition) is 3. The molecule has 48 valence electrons. The molecule has 7 heteroatoms. The third kappa shape index (κ3) is 5.58. The van der Waals surface area contributed by atoms with Crippen molar-refractivity contribution in [2.75, 3.05) is 0 Å². The fourth-order valence-corrected chi connectivity index (χ4v) is 0.196. The van der Waals surface area contributed by atoms with E-state index < -0.39 is 14.8 Å². The molecule has 0 heterocycles. The van der Waals surface area contributed by atoms with E-state index in [4.69, 9.17) is 14.9 Å². The van der Waals surface area contributed by atoms with Crippen LogP contribution in [0.1, 0.15) is 0 Å². The molecular weight excluding hydrogens is 139 g/mol. The highest BCUT2D eigenvalue weighted by molar-refractivity contribution is 7.39. The van der Waals surface area contributed by atoms with Gasteiger partial charge >= 0.3 is 14.8 Å². The quantitative estimate of drug-likeness (QED) is 0.281. The Morgan fingerprint density at radius 2 is 2.00 bits per heavy atom. The van der Waals surface area contributed by atoms with Crippen molar-refractivity contribution in [3.63, 3.8) is 0 Å². The molecular formula is CH3O6P. The van der Waals surface area contributed by atoms with Crippen molar-refractivity contribution in [2.45, 2.75) is 0 Å². The summed E-state index contributed by atoms with van der Waals surface area (Å²) in [6.45, 7) is 0. The fourth-order valence-electron chi connectivity index (χ4n) is 0.0652. The Balaban J connectivity index is 3.05. The number of rotatable bonds is 2. The molecule has 0 amide bonds. The Morgan fingerprint density at radius 1 is 1.50 bits per heavy atom. The molecule has 0 aromatic rings. The minimum absolute atomic E-state index is 1.72. The van der Waals surface area contributed by atoms with Crippen molar-refractivity contribution in [2.24, 2.45) is 0 Å². The summed E-state index contributed by atoms with van der Waals surface area (Å²) in [6, 6.07) is 0. The fraction of sp³-hybridized carbons (Fsp3) is 0. The highest BCUT2D eigenvalue weighted by atomic mass is 31.2. The van der Waals surface area contributed by atoms with Crippen LogP contribution in [0.3, 0.4) is 0 Å². The summed E-state index contributed by atoms with van der Waals surface area (Å²) in [7, 11) is -2.74. The summed E-state index contributed by atoms with van der Waals surface area (Å²) in [6.07, 6.45) is -1.72. The first-order chi connectivity index (χ1) is 3.63. The van der Waals surface area contributed by atoms with E-state index in [-0.39, 0.29) is 0 Å². The minimum atomic E-state index is -2.74. The third-order valence-corrected chi connectivity index (χ3v) is 0.383. The standard InChI is InChI=1S/CH3O6P/c2-1(3)6-7-8(4)5/h4-5H,(H,2,3). The molecule has 6 nitrogen and oxygen atoms in total. The van der Waals surface area contributed by atoms with E-state index in [0.29, 0.717) is 0 Å². The molecule has 0 saturated heterocycles. The Kier molecular flexibility index (Phi) is 3.38. The molecule has 3 N–H and O–H groups in total. The maximum atomic E-state index is 9.34.